The lowest BCUT2D eigenvalue weighted by atomic mass is 10.0. The molecule has 0 radical (unpaired) electrons. The normalized spacial score (nSPS) is 16.3. The van der Waals surface area contributed by atoms with Gasteiger partial charge in [0.05, 0.1) is 23.9 Å². The van der Waals surface area contributed by atoms with Crippen LogP contribution in [0.3, 0.4) is 0 Å². The van der Waals surface area contributed by atoms with Crippen LogP contribution in [0.15, 0.2) is 54.7 Å². The van der Waals surface area contributed by atoms with Crippen LogP contribution in [-0.4, -0.2) is 38.8 Å². The van der Waals surface area contributed by atoms with E-state index in [9.17, 15) is 0 Å². The highest BCUT2D eigenvalue weighted by atomic mass is 16.5. The van der Waals surface area contributed by atoms with Crippen LogP contribution < -0.4 is 15.4 Å². The monoisotopic (exact) mass is 440 g/mol. The predicted octanol–water partition coefficient (Wildman–Crippen LogP) is 5.40. The fraction of sp³-hybridized carbons (Fsp3) is 0.346. The maximum absolute atomic E-state index is 5.36. The number of fused-ring (bicyclic) bond motifs is 1. The van der Waals surface area contributed by atoms with Gasteiger partial charge >= 0.3 is 0 Å². The molecule has 0 saturated heterocycles. The maximum atomic E-state index is 5.36. The summed E-state index contributed by atoms with van der Waals surface area (Å²) in [4.78, 5) is 9.44. The Hall–Kier alpha value is -3.61. The average Bonchev–Trinajstić information content (AvgIpc) is 3.35. The third-order valence-corrected chi connectivity index (χ3v) is 6.55. The highest BCUT2D eigenvalue weighted by Crippen LogP contribution is 2.37. The quantitative estimate of drug-likeness (QED) is 0.401. The van der Waals surface area contributed by atoms with E-state index in [2.05, 4.69) is 45.9 Å². The van der Waals surface area contributed by atoms with Crippen molar-refractivity contribution in [2.24, 2.45) is 0 Å². The summed E-state index contributed by atoms with van der Waals surface area (Å²) in [5.41, 5.74) is 4.83. The highest BCUT2D eigenvalue weighted by molar-refractivity contribution is 5.91. The second kappa shape index (κ2) is 8.39. The summed E-state index contributed by atoms with van der Waals surface area (Å²) >= 11 is 0. The SMILES string of the molecule is COc1ccc(-c2nn3c(NC4CC4)cccc3c2-c2ccnc(NC3CCCC3)n2)cc1. The first-order valence-electron chi connectivity index (χ1n) is 11.8. The van der Waals surface area contributed by atoms with E-state index in [0.717, 1.165) is 39.6 Å². The lowest BCUT2D eigenvalue weighted by molar-refractivity contribution is 0.415. The number of rotatable bonds is 7. The Bertz CT molecular complexity index is 1270. The molecule has 168 valence electrons. The molecule has 7 heteroatoms. The first-order valence-corrected chi connectivity index (χ1v) is 11.8. The molecule has 0 atom stereocenters. The Morgan fingerprint density at radius 1 is 0.909 bits per heavy atom. The molecule has 6 rings (SSSR count). The molecule has 7 nitrogen and oxygen atoms in total. The van der Waals surface area contributed by atoms with Gasteiger partial charge in [0, 0.05) is 23.8 Å². The number of hydrogen-bond acceptors (Lipinski definition) is 6. The second-order valence-corrected chi connectivity index (χ2v) is 8.97. The summed E-state index contributed by atoms with van der Waals surface area (Å²) in [6, 6.07) is 17.3. The van der Waals surface area contributed by atoms with E-state index in [1.807, 2.05) is 28.9 Å². The van der Waals surface area contributed by atoms with Gasteiger partial charge < -0.3 is 15.4 Å². The summed E-state index contributed by atoms with van der Waals surface area (Å²) in [7, 11) is 1.68. The van der Waals surface area contributed by atoms with Gasteiger partial charge in [0.2, 0.25) is 5.95 Å². The van der Waals surface area contributed by atoms with E-state index in [4.69, 9.17) is 14.8 Å². The zero-order valence-corrected chi connectivity index (χ0v) is 18.8. The second-order valence-electron chi connectivity index (χ2n) is 8.97. The minimum Gasteiger partial charge on any atom is -0.497 e. The van der Waals surface area contributed by atoms with Crippen molar-refractivity contribution < 1.29 is 4.74 Å². The van der Waals surface area contributed by atoms with E-state index in [-0.39, 0.29) is 0 Å². The topological polar surface area (TPSA) is 76.4 Å². The van der Waals surface area contributed by atoms with Crippen LogP contribution in [-0.2, 0) is 0 Å². The number of pyridine rings is 1. The molecule has 0 bridgehead atoms. The van der Waals surface area contributed by atoms with Crippen molar-refractivity contribution in [3.05, 3.63) is 54.7 Å². The maximum Gasteiger partial charge on any atom is 0.223 e. The molecule has 2 aliphatic rings. The van der Waals surface area contributed by atoms with Gasteiger partial charge in [-0.1, -0.05) is 18.9 Å². The van der Waals surface area contributed by atoms with Crippen molar-refractivity contribution in [3.8, 4) is 28.3 Å². The highest BCUT2D eigenvalue weighted by Gasteiger charge is 2.24. The van der Waals surface area contributed by atoms with Crippen molar-refractivity contribution in [2.45, 2.75) is 50.6 Å². The third kappa shape index (κ3) is 3.99. The van der Waals surface area contributed by atoms with Crippen molar-refractivity contribution >= 4 is 17.3 Å². The molecule has 0 aliphatic heterocycles. The molecule has 0 spiro atoms. The van der Waals surface area contributed by atoms with E-state index in [1.165, 1.54) is 38.5 Å². The van der Waals surface area contributed by atoms with Crippen LogP contribution in [0.25, 0.3) is 28.0 Å². The first kappa shape index (κ1) is 20.0. The minimum atomic E-state index is 0.458. The third-order valence-electron chi connectivity index (χ3n) is 6.55. The van der Waals surface area contributed by atoms with Gasteiger partial charge in [0.25, 0.3) is 0 Å². The predicted molar refractivity (Wildman–Crippen MR) is 131 cm³/mol. The Kier molecular flexibility index (Phi) is 5.09. The molecule has 2 aliphatic carbocycles. The Labute approximate surface area is 193 Å². The van der Waals surface area contributed by atoms with Gasteiger partial charge in [-0.2, -0.15) is 5.10 Å². The van der Waals surface area contributed by atoms with Gasteiger partial charge in [0.1, 0.15) is 17.3 Å². The van der Waals surface area contributed by atoms with E-state index >= 15 is 0 Å². The number of ether oxygens (including phenoxy) is 1. The molecular weight excluding hydrogens is 412 g/mol. The molecule has 3 aromatic heterocycles. The number of aromatic nitrogens is 4. The zero-order chi connectivity index (χ0) is 22.2. The van der Waals surface area contributed by atoms with Crippen LogP contribution in [0.5, 0.6) is 5.75 Å². The van der Waals surface area contributed by atoms with Gasteiger partial charge in [-0.15, -0.1) is 0 Å². The lowest BCUT2D eigenvalue weighted by Crippen LogP contribution is -2.16. The fourth-order valence-corrected chi connectivity index (χ4v) is 4.64. The minimum absolute atomic E-state index is 0.458. The van der Waals surface area contributed by atoms with Crippen molar-refractivity contribution in [3.63, 3.8) is 0 Å². The number of benzene rings is 1. The van der Waals surface area contributed by atoms with Crippen molar-refractivity contribution in [1.82, 2.24) is 19.6 Å². The van der Waals surface area contributed by atoms with Crippen molar-refractivity contribution in [1.29, 1.82) is 0 Å². The van der Waals surface area contributed by atoms with Crippen LogP contribution in [0.4, 0.5) is 11.8 Å². The molecule has 2 N–H and O–H groups in total. The summed E-state index contributed by atoms with van der Waals surface area (Å²) in [5.74, 6) is 2.52. The largest absolute Gasteiger partial charge is 0.497 e. The molecule has 0 amide bonds. The molecule has 4 aromatic rings. The van der Waals surface area contributed by atoms with Crippen LogP contribution >= 0.6 is 0 Å². The first-order chi connectivity index (χ1) is 16.3. The molecule has 2 saturated carbocycles. The summed E-state index contributed by atoms with van der Waals surface area (Å²) in [6.45, 7) is 0. The summed E-state index contributed by atoms with van der Waals surface area (Å²) < 4.78 is 7.38. The summed E-state index contributed by atoms with van der Waals surface area (Å²) in [6.07, 6.45) is 9.14. The van der Waals surface area contributed by atoms with E-state index < -0.39 is 0 Å². The Balaban J connectivity index is 1.48. The Morgan fingerprint density at radius 3 is 2.45 bits per heavy atom. The van der Waals surface area contributed by atoms with Crippen LogP contribution in [0.2, 0.25) is 0 Å². The zero-order valence-electron chi connectivity index (χ0n) is 18.8. The van der Waals surface area contributed by atoms with Gasteiger partial charge in [-0.05, 0) is 68.1 Å². The van der Waals surface area contributed by atoms with Gasteiger partial charge in [-0.25, -0.2) is 14.5 Å². The average molecular weight is 441 g/mol. The van der Waals surface area contributed by atoms with Crippen molar-refractivity contribution in [2.75, 3.05) is 17.7 Å². The number of nitrogens with one attached hydrogen (secondary N) is 2. The number of nitrogens with zero attached hydrogens (tertiary/aromatic N) is 4. The molecule has 3 heterocycles. The summed E-state index contributed by atoms with van der Waals surface area (Å²) in [5, 5.41) is 12.2. The number of anilines is 2. The molecule has 1 aromatic carbocycles. The number of hydrogen-bond donors (Lipinski definition) is 2. The molecule has 33 heavy (non-hydrogen) atoms. The molecular formula is C26H28N6O. The van der Waals surface area contributed by atoms with Crippen LogP contribution in [0, 0.1) is 0 Å². The molecule has 2 fully saturated rings. The van der Waals surface area contributed by atoms with E-state index in [1.54, 1.807) is 7.11 Å². The number of methoxy groups -OCH3 is 1. The Morgan fingerprint density at radius 2 is 1.70 bits per heavy atom. The van der Waals surface area contributed by atoms with Gasteiger partial charge in [-0.3, -0.25) is 0 Å². The van der Waals surface area contributed by atoms with E-state index in [0.29, 0.717) is 18.0 Å². The molecule has 0 unspecified atom stereocenters. The standard InChI is InChI=1S/C26H28N6O/c1-33-20-13-9-17(10-14-20)25-24(21-15-16-27-26(30-21)29-18-5-2-3-6-18)22-7-4-8-23(32(22)31-25)28-19-11-12-19/h4,7-10,13-16,18-19,28H,2-3,5-6,11-12H2,1H3,(H,27,29,30). The lowest BCUT2D eigenvalue weighted by Gasteiger charge is -2.12. The smallest absolute Gasteiger partial charge is 0.223 e. The van der Waals surface area contributed by atoms with Crippen LogP contribution in [0.1, 0.15) is 38.5 Å². The fourth-order valence-electron chi connectivity index (χ4n) is 4.64. The van der Waals surface area contributed by atoms with Gasteiger partial charge in [0.15, 0.2) is 0 Å².